The average Bonchev–Trinajstić information content (AvgIpc) is 2.13. The fourth-order valence-corrected chi connectivity index (χ4v) is 2.43. The molecule has 0 rings (SSSR count). The van der Waals surface area contributed by atoms with Crippen LogP contribution in [0.4, 0.5) is 0 Å². The van der Waals surface area contributed by atoms with Gasteiger partial charge in [-0.2, -0.15) is 11.8 Å². The number of hydrogen-bond donors (Lipinski definition) is 0. The predicted molar refractivity (Wildman–Crippen MR) is 64.9 cm³/mol. The summed E-state index contributed by atoms with van der Waals surface area (Å²) < 4.78 is 0. The van der Waals surface area contributed by atoms with E-state index >= 15 is 0 Å². The average molecular weight is 217 g/mol. The van der Waals surface area contributed by atoms with Crippen LogP contribution in [0.25, 0.3) is 0 Å². The number of aldehydes is 1. The second-order valence-corrected chi connectivity index (χ2v) is 5.45. The molecule has 0 fully saturated rings. The molecule has 0 bridgehead atoms. The summed E-state index contributed by atoms with van der Waals surface area (Å²) in [6, 6.07) is 0.587. The van der Waals surface area contributed by atoms with Crippen LogP contribution >= 0.6 is 11.8 Å². The van der Waals surface area contributed by atoms with Gasteiger partial charge < -0.3 is 9.69 Å². The third kappa shape index (κ3) is 5.01. The summed E-state index contributed by atoms with van der Waals surface area (Å²) in [4.78, 5) is 13.1. The zero-order valence-corrected chi connectivity index (χ0v) is 10.9. The van der Waals surface area contributed by atoms with Gasteiger partial charge in [0.05, 0.1) is 0 Å². The third-order valence-corrected chi connectivity index (χ3v) is 3.15. The number of rotatable bonds is 7. The first-order valence-electron chi connectivity index (χ1n) is 5.12. The summed E-state index contributed by atoms with van der Waals surface area (Å²) in [7, 11) is 2.11. The molecule has 0 aromatic heterocycles. The van der Waals surface area contributed by atoms with E-state index in [-0.39, 0.29) is 5.41 Å². The van der Waals surface area contributed by atoms with Crippen LogP contribution in [0.5, 0.6) is 0 Å². The van der Waals surface area contributed by atoms with Crippen molar-refractivity contribution < 1.29 is 4.79 Å². The minimum atomic E-state index is -0.222. The Kier molecular flexibility index (Phi) is 6.45. The van der Waals surface area contributed by atoms with Gasteiger partial charge >= 0.3 is 0 Å². The van der Waals surface area contributed by atoms with Crippen LogP contribution in [0.1, 0.15) is 27.2 Å². The van der Waals surface area contributed by atoms with Gasteiger partial charge in [0.25, 0.3) is 0 Å². The van der Waals surface area contributed by atoms with Crippen LogP contribution in [-0.4, -0.2) is 42.8 Å². The summed E-state index contributed by atoms with van der Waals surface area (Å²) in [6.45, 7) is 7.02. The fourth-order valence-electron chi connectivity index (χ4n) is 1.56. The molecule has 0 aromatic rings. The summed E-state index contributed by atoms with van der Waals surface area (Å²) in [5.41, 5.74) is -0.222. The van der Waals surface area contributed by atoms with Gasteiger partial charge in [0.15, 0.2) is 0 Å². The molecule has 0 aliphatic rings. The molecule has 84 valence electrons. The van der Waals surface area contributed by atoms with Crippen LogP contribution < -0.4 is 0 Å². The first-order chi connectivity index (χ1) is 6.46. The van der Waals surface area contributed by atoms with Gasteiger partial charge in [-0.05, 0) is 19.7 Å². The van der Waals surface area contributed by atoms with Crippen molar-refractivity contribution in [1.29, 1.82) is 0 Å². The van der Waals surface area contributed by atoms with Crippen LogP contribution in [-0.2, 0) is 4.79 Å². The topological polar surface area (TPSA) is 20.3 Å². The smallest absolute Gasteiger partial charge is 0.126 e. The van der Waals surface area contributed by atoms with Crippen molar-refractivity contribution in [2.45, 2.75) is 33.2 Å². The van der Waals surface area contributed by atoms with Crippen LogP contribution in [0.2, 0.25) is 0 Å². The van der Waals surface area contributed by atoms with Gasteiger partial charge in [0, 0.05) is 23.8 Å². The molecule has 0 aromatic carbocycles. The Balaban J connectivity index is 4.15. The zero-order valence-electron chi connectivity index (χ0n) is 10.0. The van der Waals surface area contributed by atoms with Crippen molar-refractivity contribution in [1.82, 2.24) is 4.90 Å². The molecular formula is C11H23NOS. The lowest BCUT2D eigenvalue weighted by Gasteiger charge is -2.31. The normalized spacial score (nSPS) is 14.4. The van der Waals surface area contributed by atoms with Gasteiger partial charge in [-0.25, -0.2) is 0 Å². The van der Waals surface area contributed by atoms with E-state index < -0.39 is 0 Å². The SMILES string of the molecule is CCC(CSC)N(C)CC(C)(C)C=O. The maximum absolute atomic E-state index is 10.8. The van der Waals surface area contributed by atoms with Gasteiger partial charge in [-0.15, -0.1) is 0 Å². The number of nitrogens with zero attached hydrogens (tertiary/aromatic N) is 1. The molecule has 2 nitrogen and oxygen atoms in total. The van der Waals surface area contributed by atoms with E-state index in [4.69, 9.17) is 0 Å². The number of carbonyl (C=O) groups excluding carboxylic acids is 1. The second-order valence-electron chi connectivity index (χ2n) is 4.54. The number of thioether (sulfide) groups is 1. The Morgan fingerprint density at radius 2 is 2.07 bits per heavy atom. The largest absolute Gasteiger partial charge is 0.303 e. The molecule has 14 heavy (non-hydrogen) atoms. The Morgan fingerprint density at radius 3 is 2.43 bits per heavy atom. The first kappa shape index (κ1) is 14.0. The van der Waals surface area contributed by atoms with Gasteiger partial charge in [0.2, 0.25) is 0 Å². The molecule has 0 spiro atoms. The monoisotopic (exact) mass is 217 g/mol. The minimum Gasteiger partial charge on any atom is -0.303 e. The van der Waals surface area contributed by atoms with Gasteiger partial charge in [-0.1, -0.05) is 20.8 Å². The highest BCUT2D eigenvalue weighted by Crippen LogP contribution is 2.16. The Hall–Kier alpha value is -0.0200. The minimum absolute atomic E-state index is 0.222. The molecule has 0 saturated carbocycles. The summed E-state index contributed by atoms with van der Waals surface area (Å²) in [6.07, 6.45) is 4.32. The Morgan fingerprint density at radius 1 is 1.50 bits per heavy atom. The first-order valence-corrected chi connectivity index (χ1v) is 6.51. The van der Waals surface area contributed by atoms with Crippen LogP contribution in [0.15, 0.2) is 0 Å². The van der Waals surface area contributed by atoms with E-state index in [0.29, 0.717) is 6.04 Å². The van der Waals surface area contributed by atoms with E-state index in [0.717, 1.165) is 25.0 Å². The Labute approximate surface area is 92.4 Å². The standard InChI is InChI=1S/C11H23NOS/c1-6-10(7-14-5)12(4)8-11(2,3)9-13/h9-10H,6-8H2,1-5H3. The highest BCUT2D eigenvalue weighted by atomic mass is 32.2. The van der Waals surface area contributed by atoms with Crippen molar-refractivity contribution in [2.75, 3.05) is 25.6 Å². The molecular weight excluding hydrogens is 194 g/mol. The fraction of sp³-hybridized carbons (Fsp3) is 0.909. The van der Waals surface area contributed by atoms with E-state index in [1.807, 2.05) is 25.6 Å². The van der Waals surface area contributed by atoms with Crippen molar-refractivity contribution in [3.05, 3.63) is 0 Å². The van der Waals surface area contributed by atoms with Gasteiger partial charge in [0.1, 0.15) is 6.29 Å². The lowest BCUT2D eigenvalue weighted by atomic mass is 9.94. The molecule has 0 saturated heterocycles. The maximum atomic E-state index is 10.8. The summed E-state index contributed by atoms with van der Waals surface area (Å²) in [5.74, 6) is 1.14. The summed E-state index contributed by atoms with van der Waals surface area (Å²) >= 11 is 1.87. The number of carbonyl (C=O) groups is 1. The molecule has 0 amide bonds. The molecule has 3 heteroatoms. The lowest BCUT2D eigenvalue weighted by molar-refractivity contribution is -0.115. The predicted octanol–water partition coefficient (Wildman–Crippen LogP) is 2.28. The van der Waals surface area contributed by atoms with E-state index in [9.17, 15) is 4.79 Å². The lowest BCUT2D eigenvalue weighted by Crippen LogP contribution is -2.40. The molecule has 0 aliphatic carbocycles. The van der Waals surface area contributed by atoms with E-state index in [1.54, 1.807) is 0 Å². The van der Waals surface area contributed by atoms with Gasteiger partial charge in [-0.3, -0.25) is 0 Å². The molecule has 1 unspecified atom stereocenters. The molecule has 0 N–H and O–H groups in total. The molecule has 0 radical (unpaired) electrons. The highest BCUT2D eigenvalue weighted by Gasteiger charge is 2.22. The quantitative estimate of drug-likeness (QED) is 0.610. The van der Waals surface area contributed by atoms with Crippen molar-refractivity contribution in [2.24, 2.45) is 5.41 Å². The molecule has 1 atom stereocenters. The zero-order chi connectivity index (χ0) is 11.2. The molecule has 0 heterocycles. The number of hydrogen-bond acceptors (Lipinski definition) is 3. The second kappa shape index (κ2) is 6.46. The van der Waals surface area contributed by atoms with Crippen LogP contribution in [0, 0.1) is 5.41 Å². The highest BCUT2D eigenvalue weighted by molar-refractivity contribution is 7.98. The maximum Gasteiger partial charge on any atom is 0.126 e. The van der Waals surface area contributed by atoms with Crippen molar-refractivity contribution >= 4 is 18.0 Å². The third-order valence-electron chi connectivity index (χ3n) is 2.43. The Bertz CT molecular complexity index is 171. The van der Waals surface area contributed by atoms with Crippen molar-refractivity contribution in [3.63, 3.8) is 0 Å². The van der Waals surface area contributed by atoms with E-state index in [2.05, 4.69) is 25.1 Å². The summed E-state index contributed by atoms with van der Waals surface area (Å²) in [5, 5.41) is 0. The molecule has 0 aliphatic heterocycles. The van der Waals surface area contributed by atoms with Crippen molar-refractivity contribution in [3.8, 4) is 0 Å². The van der Waals surface area contributed by atoms with Crippen LogP contribution in [0.3, 0.4) is 0 Å². The van der Waals surface area contributed by atoms with E-state index in [1.165, 1.54) is 0 Å².